The van der Waals surface area contributed by atoms with E-state index in [0.717, 1.165) is 16.7 Å². The molecule has 0 radical (unpaired) electrons. The Hall–Kier alpha value is -2.89. The summed E-state index contributed by atoms with van der Waals surface area (Å²) in [5.74, 6) is -1.06. The molecule has 0 saturated carbocycles. The number of fused-ring (bicyclic) bond motifs is 1. The second-order valence-electron chi connectivity index (χ2n) is 4.69. The number of aromatic nitrogens is 1. The lowest BCUT2D eigenvalue weighted by molar-refractivity contribution is 0.197. The van der Waals surface area contributed by atoms with E-state index in [9.17, 15) is 13.6 Å². The molecule has 0 bridgehead atoms. The highest BCUT2D eigenvalue weighted by Crippen LogP contribution is 2.27. The third-order valence-electron chi connectivity index (χ3n) is 3.28. The Labute approximate surface area is 124 Å². The highest BCUT2D eigenvalue weighted by atomic mass is 19.1. The van der Waals surface area contributed by atoms with E-state index in [1.807, 2.05) is 0 Å². The Bertz CT molecular complexity index is 858. The fourth-order valence-electron chi connectivity index (χ4n) is 2.23. The van der Waals surface area contributed by atoms with E-state index in [0.29, 0.717) is 16.7 Å². The number of para-hydroxylation sites is 1. The summed E-state index contributed by atoms with van der Waals surface area (Å²) in [7, 11) is 0. The second-order valence-corrected chi connectivity index (χ2v) is 4.69. The summed E-state index contributed by atoms with van der Waals surface area (Å²) in [6.07, 6.45) is 0.275. The Morgan fingerprint density at radius 2 is 2.00 bits per heavy atom. The molecule has 0 aliphatic rings. The van der Waals surface area contributed by atoms with Crippen molar-refractivity contribution < 1.29 is 23.4 Å². The lowest BCUT2D eigenvalue weighted by Crippen LogP contribution is -2.07. The van der Waals surface area contributed by atoms with Crippen molar-refractivity contribution in [3.63, 3.8) is 0 Å². The summed E-state index contributed by atoms with van der Waals surface area (Å²) in [6, 6.07) is 9.92. The normalized spacial score (nSPS) is 10.8. The van der Waals surface area contributed by atoms with E-state index >= 15 is 0 Å². The molecule has 3 rings (SSSR count). The van der Waals surface area contributed by atoms with Gasteiger partial charge in [-0.15, -0.1) is 0 Å². The summed E-state index contributed by atoms with van der Waals surface area (Å²) in [6.45, 7) is -0.129. The van der Waals surface area contributed by atoms with Crippen LogP contribution in [0, 0.1) is 11.6 Å². The van der Waals surface area contributed by atoms with Gasteiger partial charge in [0.1, 0.15) is 29.5 Å². The molecule has 0 atom stereocenters. The van der Waals surface area contributed by atoms with Crippen molar-refractivity contribution in [2.75, 3.05) is 0 Å². The van der Waals surface area contributed by atoms with Crippen LogP contribution in [0.15, 0.2) is 48.7 Å². The summed E-state index contributed by atoms with van der Waals surface area (Å²) >= 11 is 0. The van der Waals surface area contributed by atoms with Gasteiger partial charge in [-0.1, -0.05) is 12.1 Å². The Kier molecular flexibility index (Phi) is 3.50. The van der Waals surface area contributed by atoms with Gasteiger partial charge < -0.3 is 9.84 Å². The van der Waals surface area contributed by atoms with Crippen molar-refractivity contribution >= 4 is 17.0 Å². The number of halogens is 2. The van der Waals surface area contributed by atoms with Crippen molar-refractivity contribution in [3.05, 3.63) is 65.9 Å². The predicted octanol–water partition coefficient (Wildman–Crippen LogP) is 4.02. The van der Waals surface area contributed by atoms with Crippen molar-refractivity contribution in [2.24, 2.45) is 0 Å². The van der Waals surface area contributed by atoms with Crippen LogP contribution in [0.3, 0.4) is 0 Å². The molecular formula is C16H11F2NO3. The Morgan fingerprint density at radius 3 is 2.73 bits per heavy atom. The zero-order valence-electron chi connectivity index (χ0n) is 11.3. The number of hydrogen-bond donors (Lipinski definition) is 1. The zero-order valence-corrected chi connectivity index (χ0v) is 11.3. The fraction of sp³-hybridized carbons (Fsp3) is 0.0625. The number of nitrogens with zero attached hydrogens (tertiary/aromatic N) is 1. The monoisotopic (exact) mass is 303 g/mol. The molecule has 1 N–H and O–H groups in total. The summed E-state index contributed by atoms with van der Waals surface area (Å²) in [4.78, 5) is 11.2. The van der Waals surface area contributed by atoms with Gasteiger partial charge in [0.15, 0.2) is 0 Å². The molecule has 0 amide bonds. The molecule has 3 aromatic rings. The highest BCUT2D eigenvalue weighted by Gasteiger charge is 2.13. The first-order valence-corrected chi connectivity index (χ1v) is 6.46. The number of hydrogen-bond acceptors (Lipinski definition) is 2. The van der Waals surface area contributed by atoms with Crippen molar-refractivity contribution in [3.8, 4) is 5.75 Å². The van der Waals surface area contributed by atoms with Gasteiger partial charge in [0.05, 0.1) is 0 Å². The molecule has 0 spiro atoms. The molecule has 0 aliphatic heterocycles. The van der Waals surface area contributed by atoms with Crippen molar-refractivity contribution in [1.82, 2.24) is 4.57 Å². The minimum atomic E-state index is -1.14. The van der Waals surface area contributed by atoms with Gasteiger partial charge >= 0.3 is 6.09 Å². The van der Waals surface area contributed by atoms with Gasteiger partial charge in [-0.3, -0.25) is 0 Å². The van der Waals surface area contributed by atoms with Crippen LogP contribution in [0.25, 0.3) is 10.9 Å². The first-order valence-electron chi connectivity index (χ1n) is 6.46. The van der Waals surface area contributed by atoms with Gasteiger partial charge in [0, 0.05) is 23.2 Å². The van der Waals surface area contributed by atoms with Gasteiger partial charge in [-0.2, -0.15) is 0 Å². The van der Waals surface area contributed by atoms with Gasteiger partial charge in [0.25, 0.3) is 0 Å². The first-order chi connectivity index (χ1) is 10.6. The molecule has 2 aromatic carbocycles. The van der Waals surface area contributed by atoms with Crippen molar-refractivity contribution in [2.45, 2.75) is 6.61 Å². The van der Waals surface area contributed by atoms with Crippen LogP contribution < -0.4 is 4.74 Å². The molecule has 0 unspecified atom stereocenters. The zero-order chi connectivity index (χ0) is 15.7. The highest BCUT2D eigenvalue weighted by molar-refractivity contribution is 5.92. The number of rotatable bonds is 3. The first kappa shape index (κ1) is 14.1. The smallest absolute Gasteiger partial charge is 0.416 e. The van der Waals surface area contributed by atoms with Crippen LogP contribution in [-0.2, 0) is 6.61 Å². The summed E-state index contributed by atoms with van der Waals surface area (Å²) in [5, 5.41) is 9.86. The number of carboxylic acid groups (broad SMARTS) is 1. The maximum atomic E-state index is 13.6. The maximum absolute atomic E-state index is 13.6. The van der Waals surface area contributed by atoms with E-state index in [2.05, 4.69) is 0 Å². The molecule has 1 aromatic heterocycles. The molecule has 0 aliphatic carbocycles. The molecule has 6 heteroatoms. The molecule has 112 valence electrons. The summed E-state index contributed by atoms with van der Waals surface area (Å²) in [5.41, 5.74) is 0.573. The second kappa shape index (κ2) is 5.48. The van der Waals surface area contributed by atoms with Gasteiger partial charge in [-0.25, -0.2) is 18.1 Å². The molecule has 4 nitrogen and oxygen atoms in total. The van der Waals surface area contributed by atoms with Crippen LogP contribution in [0.1, 0.15) is 5.56 Å². The lowest BCUT2D eigenvalue weighted by Gasteiger charge is -2.10. The molecule has 0 fully saturated rings. The van der Waals surface area contributed by atoms with Crippen molar-refractivity contribution in [1.29, 1.82) is 0 Å². The molecule has 22 heavy (non-hydrogen) atoms. The molecular weight excluding hydrogens is 292 g/mol. The topological polar surface area (TPSA) is 51.5 Å². The van der Waals surface area contributed by atoms with E-state index in [-0.39, 0.29) is 12.2 Å². The third kappa shape index (κ3) is 2.50. The van der Waals surface area contributed by atoms with Crippen LogP contribution in [0.5, 0.6) is 5.75 Å². The van der Waals surface area contributed by atoms with Gasteiger partial charge in [0.2, 0.25) is 0 Å². The number of ether oxygens (including phenoxy) is 1. The molecule has 0 saturated heterocycles. The average molecular weight is 303 g/mol. The SMILES string of the molecule is O=C(O)n1ccc2cccc(OCc3ccc(F)cc3F)c21. The third-order valence-corrected chi connectivity index (χ3v) is 3.28. The predicted molar refractivity (Wildman–Crippen MR) is 76.1 cm³/mol. The maximum Gasteiger partial charge on any atom is 0.416 e. The van der Waals surface area contributed by atoms with Crippen LogP contribution in [-0.4, -0.2) is 15.8 Å². The quantitative estimate of drug-likeness (QED) is 0.795. The lowest BCUT2D eigenvalue weighted by atomic mass is 10.2. The Balaban J connectivity index is 1.94. The average Bonchev–Trinajstić information content (AvgIpc) is 2.91. The van der Waals surface area contributed by atoms with Crippen LogP contribution in [0.4, 0.5) is 13.6 Å². The van der Waals surface area contributed by atoms with E-state index in [4.69, 9.17) is 9.84 Å². The minimum absolute atomic E-state index is 0.129. The fourth-order valence-corrected chi connectivity index (χ4v) is 2.23. The number of benzene rings is 2. The summed E-state index contributed by atoms with van der Waals surface area (Å²) < 4.78 is 33.0. The molecule has 1 heterocycles. The van der Waals surface area contributed by atoms with Gasteiger partial charge in [-0.05, 0) is 24.3 Å². The standard InChI is InChI=1S/C16H11F2NO3/c17-12-5-4-11(13(18)8-12)9-22-14-3-1-2-10-6-7-19(15(10)14)16(20)21/h1-8H,9H2,(H,20,21). The Morgan fingerprint density at radius 1 is 1.18 bits per heavy atom. The van der Waals surface area contributed by atoms with E-state index in [1.54, 1.807) is 24.3 Å². The van der Waals surface area contributed by atoms with Crippen LogP contribution >= 0.6 is 0 Å². The van der Waals surface area contributed by atoms with Crippen LogP contribution in [0.2, 0.25) is 0 Å². The number of carbonyl (C=O) groups is 1. The largest absolute Gasteiger partial charge is 0.487 e. The minimum Gasteiger partial charge on any atom is -0.487 e. The van der Waals surface area contributed by atoms with E-state index < -0.39 is 17.7 Å². The van der Waals surface area contributed by atoms with E-state index in [1.165, 1.54) is 12.3 Å².